The van der Waals surface area contributed by atoms with E-state index in [9.17, 15) is 0 Å². The number of benzene rings is 2. The normalized spacial score (nSPS) is 15.2. The highest BCUT2D eigenvalue weighted by molar-refractivity contribution is 6.03. The van der Waals surface area contributed by atoms with Gasteiger partial charge in [-0.15, -0.1) is 0 Å². The lowest BCUT2D eigenvalue weighted by Gasteiger charge is -2.29. The van der Waals surface area contributed by atoms with Gasteiger partial charge in [-0.1, -0.05) is 26.8 Å². The van der Waals surface area contributed by atoms with Crippen molar-refractivity contribution in [3.8, 4) is 0 Å². The summed E-state index contributed by atoms with van der Waals surface area (Å²) >= 11 is 0. The van der Waals surface area contributed by atoms with Crippen molar-refractivity contribution >= 4 is 16.3 Å². The van der Waals surface area contributed by atoms with Gasteiger partial charge in [0, 0.05) is 39.8 Å². The third-order valence-electron chi connectivity index (χ3n) is 5.33. The molecule has 2 aromatic rings. The van der Waals surface area contributed by atoms with E-state index in [1.54, 1.807) is 0 Å². The molecule has 0 aromatic heterocycles. The minimum absolute atomic E-state index is 0.125. The molecule has 0 heterocycles. The molecule has 2 aromatic carbocycles. The van der Waals surface area contributed by atoms with Gasteiger partial charge in [0.2, 0.25) is 0 Å². The van der Waals surface area contributed by atoms with Crippen LogP contribution in [0, 0.1) is 11.8 Å². The van der Waals surface area contributed by atoms with Crippen LogP contribution in [0.1, 0.15) is 84.6 Å². The van der Waals surface area contributed by atoms with Gasteiger partial charge < -0.3 is 0 Å². The van der Waals surface area contributed by atoms with E-state index in [4.69, 9.17) is 0 Å². The second-order valence-corrected chi connectivity index (χ2v) is 10.6. The van der Waals surface area contributed by atoms with Crippen LogP contribution < -0.4 is 0 Å². The Kier molecular flexibility index (Phi) is 3.91. The number of hydrogen-bond acceptors (Lipinski definition) is 0. The van der Waals surface area contributed by atoms with Gasteiger partial charge in [-0.2, -0.15) is 0 Å². The van der Waals surface area contributed by atoms with Crippen molar-refractivity contribution in [1.29, 1.82) is 0 Å². The maximum absolute atomic E-state index is 2.47. The molecule has 3 rings (SSSR count). The minimum Gasteiger partial charge on any atom is -0.0584 e. The third-order valence-corrected chi connectivity index (χ3v) is 5.33. The second kappa shape index (κ2) is 5.40. The summed E-state index contributed by atoms with van der Waals surface area (Å²) in [5.74, 6) is 0. The highest BCUT2D eigenvalue weighted by Gasteiger charge is 2.36. The summed E-state index contributed by atoms with van der Waals surface area (Å²) in [4.78, 5) is 0. The largest absolute Gasteiger partial charge is 0.108 e. The molecule has 0 spiro atoms. The smallest absolute Gasteiger partial charge is 0.0584 e. The highest BCUT2D eigenvalue weighted by atomic mass is 14.3. The fourth-order valence-electron chi connectivity index (χ4n) is 4.05. The van der Waals surface area contributed by atoms with Crippen molar-refractivity contribution in [3.05, 3.63) is 59.0 Å². The van der Waals surface area contributed by atoms with Crippen molar-refractivity contribution in [2.45, 2.75) is 73.1 Å². The van der Waals surface area contributed by atoms with E-state index in [1.165, 1.54) is 38.6 Å². The third kappa shape index (κ3) is 3.01. The summed E-state index contributed by atoms with van der Waals surface area (Å²) in [5.41, 5.74) is 7.58. The molecule has 0 saturated heterocycles. The van der Waals surface area contributed by atoms with Gasteiger partial charge in [-0.3, -0.25) is 0 Å². The summed E-state index contributed by atoms with van der Waals surface area (Å²) in [5, 5.41) is 2.87. The number of rotatable bonds is 0. The van der Waals surface area contributed by atoms with Gasteiger partial charge in [-0.25, -0.2) is 0 Å². The van der Waals surface area contributed by atoms with Gasteiger partial charge in [0.1, 0.15) is 5.56 Å². The average molecular weight is 334 g/mol. The van der Waals surface area contributed by atoms with Gasteiger partial charge in [-0.05, 0) is 70.7 Å². The van der Waals surface area contributed by atoms with Crippen LogP contribution in [-0.2, 0) is 10.8 Å². The van der Waals surface area contributed by atoms with E-state index in [-0.39, 0.29) is 16.2 Å². The molecule has 25 heavy (non-hydrogen) atoms. The van der Waals surface area contributed by atoms with E-state index < -0.39 is 0 Å². The summed E-state index contributed by atoms with van der Waals surface area (Å²) in [6.45, 7) is 20.9. The van der Waals surface area contributed by atoms with Gasteiger partial charge >= 0.3 is 0 Å². The molecule has 1 aliphatic carbocycles. The Bertz CT molecular complexity index is 856. The minimum atomic E-state index is 0.125. The van der Waals surface area contributed by atoms with Crippen LogP contribution in [0.15, 0.2) is 30.3 Å². The lowest BCUT2D eigenvalue weighted by atomic mass is 9.70. The summed E-state index contributed by atoms with van der Waals surface area (Å²) in [6.07, 6.45) is 4.71. The van der Waals surface area contributed by atoms with Crippen molar-refractivity contribution < 1.29 is 0 Å². The summed E-state index contributed by atoms with van der Waals surface area (Å²) in [7, 11) is 0. The molecular formula is C25H33+. The van der Waals surface area contributed by atoms with Gasteiger partial charge in [0.05, 0.1) is 10.9 Å². The molecule has 0 bridgehead atoms. The van der Waals surface area contributed by atoms with Crippen LogP contribution in [0.2, 0.25) is 0 Å². The van der Waals surface area contributed by atoms with Crippen LogP contribution >= 0.6 is 0 Å². The molecule has 0 fully saturated rings. The second-order valence-electron chi connectivity index (χ2n) is 10.6. The maximum atomic E-state index is 2.47. The average Bonchev–Trinajstić information content (AvgIpc) is 2.44. The Balaban J connectivity index is 2.49. The first-order valence-corrected chi connectivity index (χ1v) is 9.48. The molecule has 0 atom stereocenters. The predicted octanol–water partition coefficient (Wildman–Crippen LogP) is 7.43. The molecule has 132 valence electrons. The number of allylic oxidation sites excluding steroid dienone is 2. The summed E-state index contributed by atoms with van der Waals surface area (Å²) in [6, 6.07) is 9.33. The Hall–Kier alpha value is -1.69. The lowest BCUT2D eigenvalue weighted by Crippen LogP contribution is -2.21. The van der Waals surface area contributed by atoms with Crippen molar-refractivity contribution in [1.82, 2.24) is 0 Å². The van der Waals surface area contributed by atoms with Gasteiger partial charge in [0.25, 0.3) is 0 Å². The van der Waals surface area contributed by atoms with Crippen LogP contribution in [0.5, 0.6) is 0 Å². The van der Waals surface area contributed by atoms with Gasteiger partial charge in [0.15, 0.2) is 0 Å². The lowest BCUT2D eigenvalue weighted by molar-refractivity contribution is 0.564. The fourth-order valence-corrected chi connectivity index (χ4v) is 4.05. The first kappa shape index (κ1) is 18.1. The predicted molar refractivity (Wildman–Crippen MR) is 112 cm³/mol. The molecule has 0 N–H and O–H groups in total. The highest BCUT2D eigenvalue weighted by Crippen LogP contribution is 2.47. The molecule has 0 radical (unpaired) electrons. The van der Waals surface area contributed by atoms with Crippen molar-refractivity contribution in [2.75, 3.05) is 0 Å². The Morgan fingerprint density at radius 3 is 1.84 bits per heavy atom. The number of hydrogen-bond donors (Lipinski definition) is 0. The van der Waals surface area contributed by atoms with E-state index in [1.807, 2.05) is 0 Å². The zero-order valence-electron chi connectivity index (χ0n) is 17.5. The first-order chi connectivity index (χ1) is 11.3. The Labute approximate surface area is 154 Å². The fraction of sp³-hybridized carbons (Fsp3) is 0.480. The Morgan fingerprint density at radius 1 is 0.720 bits per heavy atom. The quantitative estimate of drug-likeness (QED) is 0.440. The van der Waals surface area contributed by atoms with Crippen molar-refractivity contribution in [3.63, 3.8) is 0 Å². The SMILES string of the molecule is CC(C)(C)C1=C[CH+]c2c(C(C)(C)C)cc(C(C)(C)C)c3cccc1c23. The zero-order chi connectivity index (χ0) is 18.8. The maximum Gasteiger partial charge on any atom is 0.108 e. The monoisotopic (exact) mass is 333 g/mol. The molecular weight excluding hydrogens is 300 g/mol. The topological polar surface area (TPSA) is 0 Å². The standard InChI is InChI=1S/C25H33/c1-23(2,3)19-14-13-18-21(25(7,8)9)15-20(24(4,5)6)17-12-10-11-16(19)22(17)18/h10-15H,1-9H3/q+1. The van der Waals surface area contributed by atoms with E-state index in [0.29, 0.717) is 0 Å². The van der Waals surface area contributed by atoms with E-state index >= 15 is 0 Å². The van der Waals surface area contributed by atoms with E-state index in [2.05, 4.69) is 99.1 Å². The van der Waals surface area contributed by atoms with Crippen LogP contribution in [0.3, 0.4) is 0 Å². The Morgan fingerprint density at radius 2 is 1.32 bits per heavy atom. The molecule has 1 aliphatic rings. The van der Waals surface area contributed by atoms with Crippen molar-refractivity contribution in [2.24, 2.45) is 5.41 Å². The summed E-state index contributed by atoms with van der Waals surface area (Å²) < 4.78 is 0. The zero-order valence-corrected chi connectivity index (χ0v) is 17.5. The van der Waals surface area contributed by atoms with Crippen LogP contribution in [-0.4, -0.2) is 0 Å². The van der Waals surface area contributed by atoms with E-state index in [0.717, 1.165) is 0 Å². The molecule has 0 unspecified atom stereocenters. The first-order valence-electron chi connectivity index (χ1n) is 9.48. The van der Waals surface area contributed by atoms with Crippen LogP contribution in [0.25, 0.3) is 16.3 Å². The molecule has 0 heteroatoms. The molecule has 0 amide bonds. The molecule has 0 saturated carbocycles. The van der Waals surface area contributed by atoms with Crippen LogP contribution in [0.4, 0.5) is 0 Å². The molecule has 0 nitrogen and oxygen atoms in total. The molecule has 0 aliphatic heterocycles.